The standard InChI is InChI=1S/C29H31Cl2FN2O4/c1-38-21-6-7-24-22(16-21)27(23(30)19-33-24)25(35)8-10-28(18-26(36)37)11-14-34(15-12-28)13-3-5-20-4-2-9-29(31,32)17-20/h2,4,6-7,9,16,19,25,35H,8,10-15,17-18H2,1H3,(H,36,37). The van der Waals surface area contributed by atoms with Crippen molar-refractivity contribution in [3.63, 3.8) is 0 Å². The monoisotopic (exact) mass is 560 g/mol. The van der Waals surface area contributed by atoms with E-state index in [-0.39, 0.29) is 12.8 Å². The van der Waals surface area contributed by atoms with Gasteiger partial charge in [0.15, 0.2) is 0 Å². The second-order valence-electron chi connectivity index (χ2n) is 10.1. The molecule has 38 heavy (non-hydrogen) atoms. The summed E-state index contributed by atoms with van der Waals surface area (Å²) in [5.41, 5.74) is 1.49. The van der Waals surface area contributed by atoms with Gasteiger partial charge >= 0.3 is 5.97 Å². The molecule has 1 aliphatic carbocycles. The lowest BCUT2D eigenvalue weighted by molar-refractivity contribution is -0.141. The normalized spacial score (nSPS) is 21.9. The van der Waals surface area contributed by atoms with Gasteiger partial charge in [-0.05, 0) is 68.5 Å². The molecule has 4 rings (SSSR count). The number of allylic oxidation sites excluding steroid dienone is 4. The lowest BCUT2D eigenvalue weighted by Gasteiger charge is -2.41. The average molecular weight is 561 g/mol. The van der Waals surface area contributed by atoms with Crippen molar-refractivity contribution in [2.75, 3.05) is 26.7 Å². The van der Waals surface area contributed by atoms with Gasteiger partial charge in [-0.25, -0.2) is 4.39 Å². The number of piperidine rings is 1. The lowest BCUT2D eigenvalue weighted by atomic mass is 9.71. The third-order valence-electron chi connectivity index (χ3n) is 7.41. The van der Waals surface area contributed by atoms with Crippen molar-refractivity contribution >= 4 is 40.1 Å². The fraction of sp³-hybridized carbons (Fsp3) is 0.448. The fourth-order valence-electron chi connectivity index (χ4n) is 5.27. The molecular weight excluding hydrogens is 530 g/mol. The SMILES string of the molecule is COc1ccc2ncc(Cl)c(C(O)CCC3(CC(=O)O)CCN(CC#CC4=CC=CC(F)(Cl)C4)CC3)c2c1. The zero-order chi connectivity index (χ0) is 27.3. The Hall–Kier alpha value is -2.63. The molecule has 1 fully saturated rings. The van der Waals surface area contributed by atoms with Crippen LogP contribution in [0.2, 0.25) is 5.02 Å². The van der Waals surface area contributed by atoms with Crippen molar-refractivity contribution in [1.29, 1.82) is 0 Å². The number of aromatic nitrogens is 1. The van der Waals surface area contributed by atoms with Gasteiger partial charge in [0.2, 0.25) is 5.13 Å². The lowest BCUT2D eigenvalue weighted by Crippen LogP contribution is -2.41. The Morgan fingerprint density at radius 1 is 1.34 bits per heavy atom. The maximum Gasteiger partial charge on any atom is 0.303 e. The molecular formula is C29H31Cl2FN2O4. The summed E-state index contributed by atoms with van der Waals surface area (Å²) in [6, 6.07) is 5.42. The number of carboxylic acid groups (broad SMARTS) is 1. The first kappa shape index (κ1) is 28.4. The molecule has 0 spiro atoms. The molecule has 2 unspecified atom stereocenters. The van der Waals surface area contributed by atoms with Gasteiger partial charge in [0, 0.05) is 29.1 Å². The molecule has 0 bridgehead atoms. The number of benzene rings is 1. The van der Waals surface area contributed by atoms with Crippen LogP contribution in [0.25, 0.3) is 10.9 Å². The zero-order valence-corrected chi connectivity index (χ0v) is 22.7. The molecule has 2 atom stereocenters. The van der Waals surface area contributed by atoms with Gasteiger partial charge in [-0.15, -0.1) is 0 Å². The van der Waals surface area contributed by atoms with Crippen LogP contribution in [0.15, 0.2) is 48.2 Å². The van der Waals surface area contributed by atoms with E-state index in [0.29, 0.717) is 78.1 Å². The molecule has 2 aromatic rings. The van der Waals surface area contributed by atoms with E-state index in [1.54, 1.807) is 31.4 Å². The summed E-state index contributed by atoms with van der Waals surface area (Å²) in [6.07, 6.45) is 7.64. The highest BCUT2D eigenvalue weighted by Crippen LogP contribution is 2.43. The highest BCUT2D eigenvalue weighted by molar-refractivity contribution is 6.32. The Kier molecular flexibility index (Phi) is 9.00. The van der Waals surface area contributed by atoms with Crippen LogP contribution in [0.1, 0.15) is 50.2 Å². The first-order valence-electron chi connectivity index (χ1n) is 12.6. The molecule has 0 radical (unpaired) electrons. The predicted molar refractivity (Wildman–Crippen MR) is 147 cm³/mol. The van der Waals surface area contributed by atoms with Gasteiger partial charge in [0.05, 0.1) is 36.7 Å². The number of halogens is 3. The first-order chi connectivity index (χ1) is 18.1. The van der Waals surface area contributed by atoms with E-state index in [4.69, 9.17) is 27.9 Å². The molecule has 1 aromatic carbocycles. The number of methoxy groups -OCH3 is 1. The van der Waals surface area contributed by atoms with Gasteiger partial charge in [0.25, 0.3) is 0 Å². The molecule has 1 aromatic heterocycles. The second kappa shape index (κ2) is 12.0. The summed E-state index contributed by atoms with van der Waals surface area (Å²) in [5.74, 6) is 5.89. The molecule has 1 saturated heterocycles. The number of fused-ring (bicyclic) bond motifs is 1. The van der Waals surface area contributed by atoms with Gasteiger partial charge in [0.1, 0.15) is 5.75 Å². The van der Waals surface area contributed by atoms with Gasteiger partial charge in [-0.2, -0.15) is 0 Å². The third kappa shape index (κ3) is 7.06. The number of hydrogen-bond acceptors (Lipinski definition) is 5. The minimum atomic E-state index is -1.89. The summed E-state index contributed by atoms with van der Waals surface area (Å²) < 4.78 is 19.3. The van der Waals surface area contributed by atoms with E-state index >= 15 is 0 Å². The smallest absolute Gasteiger partial charge is 0.303 e. The maximum absolute atomic E-state index is 13.9. The van der Waals surface area contributed by atoms with Crippen LogP contribution in [0.3, 0.4) is 0 Å². The van der Waals surface area contributed by atoms with E-state index in [2.05, 4.69) is 21.7 Å². The van der Waals surface area contributed by atoms with Crippen molar-refractivity contribution in [3.8, 4) is 17.6 Å². The van der Waals surface area contributed by atoms with Gasteiger partial charge in [-0.1, -0.05) is 47.2 Å². The van der Waals surface area contributed by atoms with Gasteiger partial charge < -0.3 is 14.9 Å². The average Bonchev–Trinajstić information content (AvgIpc) is 2.87. The molecule has 9 heteroatoms. The number of carboxylic acids is 1. The number of pyridine rings is 1. The van der Waals surface area contributed by atoms with Crippen LogP contribution in [0.4, 0.5) is 4.39 Å². The Morgan fingerprint density at radius 3 is 2.79 bits per heavy atom. The van der Waals surface area contributed by atoms with Crippen molar-refractivity contribution < 1.29 is 24.1 Å². The minimum absolute atomic E-state index is 0.0331. The van der Waals surface area contributed by atoms with E-state index in [9.17, 15) is 19.4 Å². The van der Waals surface area contributed by atoms with Crippen molar-refractivity contribution in [3.05, 3.63) is 58.8 Å². The number of carbonyl (C=O) groups is 1. The maximum atomic E-state index is 13.9. The van der Waals surface area contributed by atoms with E-state index in [1.165, 1.54) is 12.3 Å². The van der Waals surface area contributed by atoms with Crippen molar-refractivity contribution in [2.45, 2.75) is 49.8 Å². The quantitative estimate of drug-likeness (QED) is 0.301. The molecule has 0 amide bonds. The second-order valence-corrected chi connectivity index (χ2v) is 11.1. The van der Waals surface area contributed by atoms with Crippen LogP contribution in [-0.4, -0.2) is 57.9 Å². The minimum Gasteiger partial charge on any atom is -0.497 e. The number of ether oxygens (including phenoxy) is 1. The summed E-state index contributed by atoms with van der Waals surface area (Å²) in [7, 11) is 1.57. The van der Waals surface area contributed by atoms with Gasteiger partial charge in [-0.3, -0.25) is 14.7 Å². The zero-order valence-electron chi connectivity index (χ0n) is 21.2. The van der Waals surface area contributed by atoms with E-state index in [0.717, 1.165) is 0 Å². The van der Waals surface area contributed by atoms with E-state index in [1.807, 2.05) is 6.07 Å². The fourth-order valence-corrected chi connectivity index (χ4v) is 5.76. The molecule has 2 N–H and O–H groups in total. The molecule has 2 aliphatic rings. The Morgan fingerprint density at radius 2 is 2.11 bits per heavy atom. The molecule has 202 valence electrons. The number of aliphatic carboxylic acids is 1. The molecule has 1 aliphatic heterocycles. The number of aliphatic hydroxyl groups excluding tert-OH is 1. The number of aliphatic hydroxyl groups is 1. The number of rotatable bonds is 8. The highest BCUT2D eigenvalue weighted by Gasteiger charge is 2.37. The first-order valence-corrected chi connectivity index (χ1v) is 13.3. The number of nitrogens with zero attached hydrogens (tertiary/aromatic N) is 2. The number of alkyl halides is 2. The summed E-state index contributed by atoms with van der Waals surface area (Å²) in [6.45, 7) is 1.89. The van der Waals surface area contributed by atoms with Crippen LogP contribution in [0.5, 0.6) is 5.75 Å². The predicted octanol–water partition coefficient (Wildman–Crippen LogP) is 6.06. The van der Waals surface area contributed by atoms with Crippen LogP contribution in [0, 0.1) is 17.3 Å². The Balaban J connectivity index is 1.41. The molecule has 0 saturated carbocycles. The van der Waals surface area contributed by atoms with Crippen LogP contribution in [-0.2, 0) is 4.79 Å². The van der Waals surface area contributed by atoms with Crippen LogP contribution >= 0.6 is 23.2 Å². The largest absolute Gasteiger partial charge is 0.497 e. The van der Waals surface area contributed by atoms with Crippen molar-refractivity contribution in [2.24, 2.45) is 5.41 Å². The Bertz CT molecular complexity index is 1310. The van der Waals surface area contributed by atoms with E-state index < -0.39 is 22.6 Å². The topological polar surface area (TPSA) is 82.9 Å². The number of likely N-dealkylation sites (tertiary alicyclic amines) is 1. The van der Waals surface area contributed by atoms with Crippen LogP contribution < -0.4 is 4.74 Å². The Labute approximate surface area is 232 Å². The summed E-state index contributed by atoms with van der Waals surface area (Å²) in [5, 5.41) is 20.0. The third-order valence-corrected chi connectivity index (χ3v) is 7.97. The molecule has 2 heterocycles. The highest BCUT2D eigenvalue weighted by atomic mass is 35.5. The molecule has 6 nitrogen and oxygen atoms in total. The van der Waals surface area contributed by atoms with Crippen molar-refractivity contribution in [1.82, 2.24) is 9.88 Å². The number of hydrogen-bond donors (Lipinski definition) is 2. The summed E-state index contributed by atoms with van der Waals surface area (Å²) in [4.78, 5) is 18.3. The summed E-state index contributed by atoms with van der Waals surface area (Å²) >= 11 is 12.2.